The first kappa shape index (κ1) is 22.2. The zero-order chi connectivity index (χ0) is 22.2. The van der Waals surface area contributed by atoms with Gasteiger partial charge in [-0.05, 0) is 49.1 Å². The second-order valence-electron chi connectivity index (χ2n) is 8.24. The maximum Gasteiger partial charge on any atom is 0.332 e. The molecule has 1 aromatic carbocycles. The van der Waals surface area contributed by atoms with Gasteiger partial charge in [-0.15, -0.1) is 0 Å². The van der Waals surface area contributed by atoms with Crippen LogP contribution in [0.1, 0.15) is 44.0 Å². The minimum atomic E-state index is -0.731. The fraction of sp³-hybridized carbons (Fsp3) is 0.500. The number of rotatable bonds is 9. The van der Waals surface area contributed by atoms with Gasteiger partial charge >= 0.3 is 5.69 Å². The molecule has 166 valence electrons. The van der Waals surface area contributed by atoms with Crippen LogP contribution in [-0.2, 0) is 25.9 Å². The van der Waals surface area contributed by atoms with Crippen molar-refractivity contribution in [2.75, 3.05) is 5.75 Å². The molecule has 0 bridgehead atoms. The van der Waals surface area contributed by atoms with Crippen molar-refractivity contribution in [3.05, 3.63) is 61.5 Å². The highest BCUT2D eigenvalue weighted by molar-refractivity contribution is 7.98. The fourth-order valence-corrected chi connectivity index (χ4v) is 4.65. The molecule has 31 heavy (non-hydrogen) atoms. The molecule has 0 unspecified atom stereocenters. The average Bonchev–Trinajstić information content (AvgIpc) is 3.37. The summed E-state index contributed by atoms with van der Waals surface area (Å²) in [5, 5.41) is 10.8. The average molecular weight is 463 g/mol. The van der Waals surface area contributed by atoms with Crippen molar-refractivity contribution in [2.45, 2.75) is 57.1 Å². The van der Waals surface area contributed by atoms with Crippen molar-refractivity contribution in [3.8, 4) is 0 Å². The van der Waals surface area contributed by atoms with Crippen LogP contribution in [0.15, 0.2) is 33.9 Å². The van der Waals surface area contributed by atoms with E-state index in [1.807, 2.05) is 28.8 Å². The van der Waals surface area contributed by atoms with Gasteiger partial charge in [-0.25, -0.2) is 9.78 Å². The van der Waals surface area contributed by atoms with Crippen molar-refractivity contribution in [3.63, 3.8) is 0 Å². The van der Waals surface area contributed by atoms with E-state index in [1.54, 1.807) is 18.8 Å². The summed E-state index contributed by atoms with van der Waals surface area (Å²) >= 11 is 7.79. The van der Waals surface area contributed by atoms with Crippen LogP contribution in [0.2, 0.25) is 5.02 Å². The molecule has 0 amide bonds. The van der Waals surface area contributed by atoms with E-state index < -0.39 is 11.3 Å². The van der Waals surface area contributed by atoms with E-state index in [0.717, 1.165) is 36.4 Å². The molecule has 0 spiro atoms. The van der Waals surface area contributed by atoms with E-state index in [1.165, 1.54) is 9.13 Å². The van der Waals surface area contributed by atoms with Crippen LogP contribution >= 0.6 is 23.4 Å². The number of thioether (sulfide) groups is 1. The highest BCUT2D eigenvalue weighted by atomic mass is 35.5. The Morgan fingerprint density at radius 2 is 1.90 bits per heavy atom. The Balaban J connectivity index is 1.82. The Morgan fingerprint density at radius 1 is 1.19 bits per heavy atom. The number of halogens is 1. The maximum atomic E-state index is 13.4. The fourth-order valence-electron chi connectivity index (χ4n) is 3.69. The number of aromatic nitrogens is 4. The number of nitrogens with zero attached hydrogens (tertiary/aromatic N) is 4. The van der Waals surface area contributed by atoms with Crippen molar-refractivity contribution in [1.82, 2.24) is 18.7 Å². The van der Waals surface area contributed by atoms with Crippen LogP contribution in [-0.4, -0.2) is 35.1 Å². The minimum Gasteiger partial charge on any atom is -0.390 e. The Labute approximate surface area is 189 Å². The lowest BCUT2D eigenvalue weighted by Crippen LogP contribution is -2.40. The number of aryl methyl sites for hydroxylation is 1. The predicted molar refractivity (Wildman–Crippen MR) is 125 cm³/mol. The molecular formula is C22H27ClN4O3S. The number of hydrogen-bond acceptors (Lipinski definition) is 5. The molecule has 2 heterocycles. The lowest BCUT2D eigenvalue weighted by atomic mass is 10.2. The number of benzene rings is 1. The lowest BCUT2D eigenvalue weighted by Gasteiger charge is -2.13. The molecule has 9 heteroatoms. The van der Waals surface area contributed by atoms with Gasteiger partial charge in [-0.3, -0.25) is 13.9 Å². The van der Waals surface area contributed by atoms with Crippen molar-refractivity contribution >= 4 is 34.5 Å². The lowest BCUT2D eigenvalue weighted by molar-refractivity contribution is 0.133. The first-order chi connectivity index (χ1) is 14.8. The van der Waals surface area contributed by atoms with Crippen molar-refractivity contribution in [2.24, 2.45) is 7.05 Å². The summed E-state index contributed by atoms with van der Waals surface area (Å²) in [7, 11) is 1.65. The molecule has 1 N–H and O–H groups in total. The molecule has 0 atom stereocenters. The standard InChI is InChI=1S/C22H27ClN4O3S/c1-3-12-31-14-17-24-19-18(27(17)13-15-4-6-16(23)7-5-15)20(28)26(21(29)25(19)2)11-10-22(30)8-9-22/h4-7,30H,3,8-14H2,1-2H3. The predicted octanol–water partition coefficient (Wildman–Crippen LogP) is 3.16. The summed E-state index contributed by atoms with van der Waals surface area (Å²) in [4.78, 5) is 31.0. The normalized spacial score (nSPS) is 15.0. The molecule has 0 aliphatic heterocycles. The molecular weight excluding hydrogens is 436 g/mol. The molecule has 1 aliphatic rings. The van der Waals surface area contributed by atoms with Gasteiger partial charge < -0.3 is 9.67 Å². The zero-order valence-corrected chi connectivity index (χ0v) is 19.4. The summed E-state index contributed by atoms with van der Waals surface area (Å²) in [5.74, 6) is 2.42. The third kappa shape index (κ3) is 4.61. The van der Waals surface area contributed by atoms with E-state index in [9.17, 15) is 14.7 Å². The highest BCUT2D eigenvalue weighted by Crippen LogP contribution is 2.38. The number of imidazole rings is 1. The van der Waals surface area contributed by atoms with Crippen LogP contribution < -0.4 is 11.2 Å². The molecule has 2 aromatic heterocycles. The molecule has 1 aliphatic carbocycles. The van der Waals surface area contributed by atoms with Gasteiger partial charge in [0.1, 0.15) is 5.82 Å². The van der Waals surface area contributed by atoms with Gasteiger partial charge in [0.2, 0.25) is 0 Å². The highest BCUT2D eigenvalue weighted by Gasteiger charge is 2.40. The van der Waals surface area contributed by atoms with Crippen LogP contribution in [0.25, 0.3) is 11.2 Å². The molecule has 4 rings (SSSR count). The second kappa shape index (κ2) is 8.84. The van der Waals surface area contributed by atoms with E-state index >= 15 is 0 Å². The summed E-state index contributed by atoms with van der Waals surface area (Å²) in [5.41, 5.74) is 0.341. The van der Waals surface area contributed by atoms with Crippen LogP contribution in [0, 0.1) is 0 Å². The van der Waals surface area contributed by atoms with Gasteiger partial charge in [0.15, 0.2) is 11.2 Å². The molecule has 1 saturated carbocycles. The van der Waals surface area contributed by atoms with Gasteiger partial charge in [0, 0.05) is 25.2 Å². The monoisotopic (exact) mass is 462 g/mol. The molecule has 0 saturated heterocycles. The first-order valence-corrected chi connectivity index (χ1v) is 12.1. The Morgan fingerprint density at radius 3 is 2.55 bits per heavy atom. The summed E-state index contributed by atoms with van der Waals surface area (Å²) in [6.07, 6.45) is 2.89. The number of fused-ring (bicyclic) bond motifs is 1. The third-order valence-corrected chi connectivity index (χ3v) is 7.18. The SMILES string of the molecule is CCCSCc1nc2c(c(=O)n(CCC3(O)CC3)c(=O)n2C)n1Cc1ccc(Cl)cc1. The summed E-state index contributed by atoms with van der Waals surface area (Å²) < 4.78 is 4.60. The molecule has 0 radical (unpaired) electrons. The maximum absolute atomic E-state index is 13.4. The largest absolute Gasteiger partial charge is 0.390 e. The van der Waals surface area contributed by atoms with E-state index in [0.29, 0.717) is 34.9 Å². The van der Waals surface area contributed by atoms with E-state index in [4.69, 9.17) is 16.6 Å². The summed E-state index contributed by atoms with van der Waals surface area (Å²) in [6.45, 7) is 2.79. The zero-order valence-electron chi connectivity index (χ0n) is 17.8. The minimum absolute atomic E-state index is 0.198. The molecule has 1 fully saturated rings. The second-order valence-corrected chi connectivity index (χ2v) is 9.78. The topological polar surface area (TPSA) is 82.1 Å². The smallest absolute Gasteiger partial charge is 0.332 e. The van der Waals surface area contributed by atoms with Gasteiger partial charge in [0.25, 0.3) is 5.56 Å². The van der Waals surface area contributed by atoms with E-state index in [2.05, 4.69) is 6.92 Å². The number of aliphatic hydroxyl groups is 1. The van der Waals surface area contributed by atoms with Crippen LogP contribution in [0.5, 0.6) is 0 Å². The summed E-state index contributed by atoms with van der Waals surface area (Å²) in [6, 6.07) is 7.51. The Hall–Kier alpha value is -2.03. The van der Waals surface area contributed by atoms with Gasteiger partial charge in [-0.2, -0.15) is 11.8 Å². The van der Waals surface area contributed by atoms with Crippen molar-refractivity contribution in [1.29, 1.82) is 0 Å². The van der Waals surface area contributed by atoms with Crippen molar-refractivity contribution < 1.29 is 5.11 Å². The van der Waals surface area contributed by atoms with Crippen LogP contribution in [0.4, 0.5) is 0 Å². The number of hydrogen-bond donors (Lipinski definition) is 1. The first-order valence-electron chi connectivity index (χ1n) is 10.6. The third-order valence-electron chi connectivity index (χ3n) is 5.77. The van der Waals surface area contributed by atoms with Gasteiger partial charge in [-0.1, -0.05) is 30.7 Å². The molecule has 7 nitrogen and oxygen atoms in total. The Bertz CT molecular complexity index is 1210. The van der Waals surface area contributed by atoms with E-state index in [-0.39, 0.29) is 12.1 Å². The Kier molecular flexibility index (Phi) is 6.32. The quantitative estimate of drug-likeness (QED) is 0.494. The molecule has 3 aromatic rings. The van der Waals surface area contributed by atoms with Crippen LogP contribution in [0.3, 0.4) is 0 Å². The van der Waals surface area contributed by atoms with Gasteiger partial charge in [0.05, 0.1) is 11.4 Å².